The van der Waals surface area contributed by atoms with Crippen LogP contribution in [0, 0.1) is 23.7 Å². The van der Waals surface area contributed by atoms with E-state index in [0.29, 0.717) is 0 Å². The summed E-state index contributed by atoms with van der Waals surface area (Å²) in [7, 11) is -1.24. The number of pyridine rings is 1. The van der Waals surface area contributed by atoms with Crippen molar-refractivity contribution in [2.75, 3.05) is 12.5 Å². The number of benzene rings is 7. The van der Waals surface area contributed by atoms with Gasteiger partial charge in [-0.25, -0.2) is 4.98 Å². The first-order valence-corrected chi connectivity index (χ1v) is 26.2. The van der Waals surface area contributed by atoms with Crippen molar-refractivity contribution in [3.8, 4) is 78.1 Å². The second kappa shape index (κ2) is 13.1. The fourth-order valence-electron chi connectivity index (χ4n) is 14.7. The standard InChI is InChI=1S/C62H53NS/c1-61(2)54-33-41(39-13-7-5-8-14-39)19-22-47(54)48-23-20-42(34-55(48)61)44-35-56(40-15-9-6-10-16-40)63-57(36-44)43-21-25-52-51(32-43)59-53(62(52)45-28-37-27-38(30-45)31-46(62)29-37)26-24-50-49-17-11-12-18-58(49)64(3,4)60(50)59/h5-26,32-38,45-46H,27-31H2,1-4H3. The Labute approximate surface area is 380 Å². The molecule has 0 N–H and O–H groups in total. The van der Waals surface area contributed by atoms with E-state index in [-0.39, 0.29) is 10.8 Å². The van der Waals surface area contributed by atoms with Gasteiger partial charge in [-0.1, -0.05) is 141 Å². The summed E-state index contributed by atoms with van der Waals surface area (Å²) in [6, 6.07) is 62.7. The highest BCUT2D eigenvalue weighted by molar-refractivity contribution is 8.33. The van der Waals surface area contributed by atoms with Crippen molar-refractivity contribution >= 4 is 10.0 Å². The fraction of sp³-hybridized carbons (Fsp3) is 0.242. The lowest BCUT2D eigenvalue weighted by atomic mass is 9.43. The van der Waals surface area contributed by atoms with Gasteiger partial charge in [-0.15, -0.1) is 0 Å². The lowest BCUT2D eigenvalue weighted by Crippen LogP contribution is -2.55. The molecule has 4 bridgehead atoms. The van der Waals surface area contributed by atoms with E-state index in [2.05, 4.69) is 190 Å². The maximum absolute atomic E-state index is 5.57. The average molecular weight is 844 g/mol. The van der Waals surface area contributed by atoms with Crippen LogP contribution in [0.3, 0.4) is 0 Å². The molecule has 0 amide bonds. The van der Waals surface area contributed by atoms with Crippen LogP contribution >= 0.6 is 10.0 Å². The van der Waals surface area contributed by atoms with Crippen LogP contribution in [0.25, 0.3) is 78.1 Å². The molecule has 4 fully saturated rings. The highest BCUT2D eigenvalue weighted by Crippen LogP contribution is 2.75. The quantitative estimate of drug-likeness (QED) is 0.172. The van der Waals surface area contributed by atoms with Crippen LogP contribution in [0.4, 0.5) is 0 Å². The highest BCUT2D eigenvalue weighted by atomic mass is 32.3. The predicted molar refractivity (Wildman–Crippen MR) is 268 cm³/mol. The number of aromatic nitrogens is 1. The zero-order valence-electron chi connectivity index (χ0n) is 37.3. The Hall–Kier alpha value is -5.96. The van der Waals surface area contributed by atoms with Gasteiger partial charge in [0.1, 0.15) is 0 Å². The molecule has 6 aliphatic carbocycles. The minimum absolute atomic E-state index is 0.108. The number of hydrogen-bond acceptors (Lipinski definition) is 1. The molecule has 1 spiro atoms. The van der Waals surface area contributed by atoms with Crippen molar-refractivity contribution in [2.45, 2.75) is 66.6 Å². The van der Waals surface area contributed by atoms with Crippen molar-refractivity contribution < 1.29 is 0 Å². The van der Waals surface area contributed by atoms with Crippen molar-refractivity contribution in [2.24, 2.45) is 23.7 Å². The Morgan fingerprint density at radius 1 is 0.422 bits per heavy atom. The van der Waals surface area contributed by atoms with Gasteiger partial charge in [-0.05, 0) is 183 Å². The van der Waals surface area contributed by atoms with Crippen LogP contribution in [0.5, 0.6) is 0 Å². The predicted octanol–water partition coefficient (Wildman–Crippen LogP) is 16.2. The second-order valence-electron chi connectivity index (χ2n) is 21.1. The molecular formula is C62H53NS. The van der Waals surface area contributed by atoms with E-state index < -0.39 is 10.0 Å². The molecule has 0 saturated heterocycles. The first-order valence-electron chi connectivity index (χ1n) is 23.8. The zero-order valence-corrected chi connectivity index (χ0v) is 38.1. The summed E-state index contributed by atoms with van der Waals surface area (Å²) in [4.78, 5) is 8.74. The Balaban J connectivity index is 0.946. The molecule has 64 heavy (non-hydrogen) atoms. The van der Waals surface area contributed by atoms with Crippen LogP contribution in [0.15, 0.2) is 174 Å². The second-order valence-corrected chi connectivity index (χ2v) is 24.6. The summed E-state index contributed by atoms with van der Waals surface area (Å²) >= 11 is 0. The largest absolute Gasteiger partial charge is 0.248 e. The van der Waals surface area contributed by atoms with E-state index in [9.17, 15) is 0 Å². The van der Waals surface area contributed by atoms with Crippen LogP contribution in [-0.2, 0) is 10.8 Å². The van der Waals surface area contributed by atoms with Gasteiger partial charge < -0.3 is 0 Å². The zero-order chi connectivity index (χ0) is 42.7. The maximum Gasteiger partial charge on any atom is 0.0715 e. The SMILES string of the molecule is CC1(C)c2cc(-c3ccccc3)ccc2-c2ccc(-c3cc(-c4ccccc4)nc(-c4ccc5c(c4)-c4c(ccc6c4S(C)(C)c4ccccc4-6)C54C5CC6CC(C5)CC4C6)c3)cc21. The maximum atomic E-state index is 5.57. The first-order chi connectivity index (χ1) is 31.2. The van der Waals surface area contributed by atoms with Gasteiger partial charge in [0.25, 0.3) is 0 Å². The highest BCUT2D eigenvalue weighted by Gasteiger charge is 2.62. The van der Waals surface area contributed by atoms with Crippen molar-refractivity contribution in [3.05, 3.63) is 186 Å². The summed E-state index contributed by atoms with van der Waals surface area (Å²) in [5.41, 5.74) is 24.1. The molecule has 0 atom stereocenters. The van der Waals surface area contributed by atoms with Gasteiger partial charge in [-0.2, -0.15) is 10.0 Å². The third-order valence-corrected chi connectivity index (χ3v) is 20.2. The third kappa shape index (κ3) is 4.96. The number of hydrogen-bond donors (Lipinski definition) is 0. The van der Waals surface area contributed by atoms with Gasteiger partial charge >= 0.3 is 0 Å². The van der Waals surface area contributed by atoms with Crippen molar-refractivity contribution in [3.63, 3.8) is 0 Å². The molecule has 4 saturated carbocycles. The molecule has 15 rings (SSSR count). The van der Waals surface area contributed by atoms with Gasteiger partial charge in [-0.3, -0.25) is 0 Å². The van der Waals surface area contributed by atoms with E-state index in [1.54, 1.807) is 26.5 Å². The Morgan fingerprint density at radius 2 is 0.969 bits per heavy atom. The monoisotopic (exact) mass is 843 g/mol. The molecule has 312 valence electrons. The van der Waals surface area contributed by atoms with Gasteiger partial charge in [0.05, 0.1) is 11.4 Å². The van der Waals surface area contributed by atoms with Crippen molar-refractivity contribution in [1.29, 1.82) is 0 Å². The van der Waals surface area contributed by atoms with Gasteiger partial charge in [0.15, 0.2) is 0 Å². The molecule has 2 heterocycles. The van der Waals surface area contributed by atoms with E-state index in [1.807, 2.05) is 0 Å². The van der Waals surface area contributed by atoms with Gasteiger partial charge in [0.2, 0.25) is 0 Å². The number of nitrogens with zero attached hydrogens (tertiary/aromatic N) is 1. The molecule has 2 heteroatoms. The van der Waals surface area contributed by atoms with Gasteiger partial charge in [0, 0.05) is 31.7 Å². The fourth-order valence-corrected chi connectivity index (χ4v) is 17.6. The summed E-state index contributed by atoms with van der Waals surface area (Å²) < 4.78 is 0. The average Bonchev–Trinajstić information content (AvgIpc) is 3.84. The number of fused-ring (bicyclic) bond motifs is 10. The molecule has 1 aromatic heterocycles. The molecule has 1 aliphatic heterocycles. The summed E-state index contributed by atoms with van der Waals surface area (Å²) in [5.74, 6) is 3.27. The van der Waals surface area contributed by atoms with E-state index in [4.69, 9.17) is 4.98 Å². The molecule has 0 radical (unpaired) electrons. The normalized spacial score (nSPS) is 24.4. The molecule has 7 aliphatic rings. The van der Waals surface area contributed by atoms with Crippen LogP contribution in [0.2, 0.25) is 0 Å². The topological polar surface area (TPSA) is 12.9 Å². The molecule has 1 nitrogen and oxygen atoms in total. The Bertz CT molecular complexity index is 3250. The third-order valence-electron chi connectivity index (χ3n) is 17.3. The molecule has 8 aromatic rings. The molecule has 0 unspecified atom stereocenters. The summed E-state index contributed by atoms with van der Waals surface area (Å²) in [6.45, 7) is 4.81. The number of rotatable bonds is 4. The summed E-state index contributed by atoms with van der Waals surface area (Å²) in [6.07, 6.45) is 12.2. The molecular weight excluding hydrogens is 791 g/mol. The van der Waals surface area contributed by atoms with Crippen molar-refractivity contribution in [1.82, 2.24) is 4.98 Å². The Morgan fingerprint density at radius 3 is 1.64 bits per heavy atom. The summed E-state index contributed by atoms with van der Waals surface area (Å²) in [5, 5.41) is 0. The van der Waals surface area contributed by atoms with Crippen LogP contribution in [0.1, 0.15) is 68.2 Å². The van der Waals surface area contributed by atoms with E-state index >= 15 is 0 Å². The van der Waals surface area contributed by atoms with Crippen LogP contribution < -0.4 is 0 Å². The smallest absolute Gasteiger partial charge is 0.0715 e. The molecule has 7 aromatic carbocycles. The lowest BCUT2D eigenvalue weighted by Gasteiger charge is -2.61. The lowest BCUT2D eigenvalue weighted by molar-refractivity contribution is -0.0399. The Kier molecular flexibility index (Phi) is 7.65. The minimum atomic E-state index is -1.24. The van der Waals surface area contributed by atoms with E-state index in [1.165, 1.54) is 98.9 Å². The first kappa shape index (κ1) is 37.4. The van der Waals surface area contributed by atoms with E-state index in [0.717, 1.165) is 40.6 Å². The van der Waals surface area contributed by atoms with Crippen LogP contribution in [-0.4, -0.2) is 17.5 Å². The minimum Gasteiger partial charge on any atom is -0.248 e.